The highest BCUT2D eigenvalue weighted by molar-refractivity contribution is 7.13. The second-order valence-corrected chi connectivity index (χ2v) is 12.7. The number of nitrogens with one attached hydrogen (secondary N) is 1. The van der Waals surface area contributed by atoms with E-state index >= 15 is 0 Å². The Hall–Kier alpha value is -3.57. The number of rotatable bonds is 6. The molecular weight excluding hydrogens is 584 g/mol. The number of hydrogen-bond acceptors (Lipinski definition) is 7. The van der Waals surface area contributed by atoms with Gasteiger partial charge in [0.1, 0.15) is 17.4 Å². The fraction of sp³-hybridized carbons (Fsp3) is 0.400. The normalized spacial score (nSPS) is 21.7. The van der Waals surface area contributed by atoms with Crippen molar-refractivity contribution < 1.29 is 18.3 Å². The van der Waals surface area contributed by atoms with Crippen LogP contribution in [0.2, 0.25) is 5.02 Å². The third-order valence-electron chi connectivity index (χ3n) is 8.51. The van der Waals surface area contributed by atoms with Crippen LogP contribution in [0.4, 0.5) is 19.3 Å². The lowest BCUT2D eigenvalue weighted by Crippen LogP contribution is -2.45. The Morgan fingerprint density at radius 3 is 2.71 bits per heavy atom. The second kappa shape index (κ2) is 10.3. The third kappa shape index (κ3) is 5.02. The number of carbonyl (C=O) groups excluding carboxylic acids is 1. The van der Waals surface area contributed by atoms with Crippen molar-refractivity contribution in [3.05, 3.63) is 74.2 Å². The van der Waals surface area contributed by atoms with Crippen LogP contribution in [-0.4, -0.2) is 56.7 Å². The summed E-state index contributed by atoms with van der Waals surface area (Å²) in [5.74, 6) is -2.31. The Balaban J connectivity index is 1.27. The number of alkyl halides is 2. The molecule has 0 unspecified atom stereocenters. The number of aromatic nitrogens is 3. The molecule has 3 fully saturated rings. The van der Waals surface area contributed by atoms with Gasteiger partial charge in [-0.2, -0.15) is 0 Å². The van der Waals surface area contributed by atoms with Gasteiger partial charge >= 0.3 is 6.09 Å². The zero-order chi connectivity index (χ0) is 29.2. The van der Waals surface area contributed by atoms with Gasteiger partial charge in [0.2, 0.25) is 5.92 Å². The smallest absolute Gasteiger partial charge is 0.410 e. The lowest BCUT2D eigenvalue weighted by molar-refractivity contribution is -0.0874. The summed E-state index contributed by atoms with van der Waals surface area (Å²) in [7, 11) is 0. The zero-order valence-corrected chi connectivity index (χ0v) is 24.4. The Morgan fingerprint density at radius 1 is 1.17 bits per heavy atom. The minimum absolute atomic E-state index is 0.000302. The summed E-state index contributed by atoms with van der Waals surface area (Å²) in [6.45, 7) is 3.10. The predicted octanol–water partition coefficient (Wildman–Crippen LogP) is 6.44. The van der Waals surface area contributed by atoms with Gasteiger partial charge in [-0.25, -0.2) is 23.5 Å². The van der Waals surface area contributed by atoms with Crippen molar-refractivity contribution >= 4 is 45.6 Å². The number of amides is 1. The zero-order valence-electron chi connectivity index (χ0n) is 22.8. The van der Waals surface area contributed by atoms with E-state index in [0.29, 0.717) is 58.6 Å². The number of anilines is 1. The first kappa shape index (κ1) is 27.3. The minimum Gasteiger partial charge on any atom is -0.447 e. The van der Waals surface area contributed by atoms with Crippen LogP contribution in [0.5, 0.6) is 0 Å². The molecule has 0 bridgehead atoms. The maximum atomic E-state index is 13.8. The SMILES string of the molecule is Cc1nc2cc(-c3nc(C4CC(F)(F)C4)cs3)c(N[C@H]3CCN4C(=O)OC[C@@H]4C3)cc2c(=O)n1Cc1ccc(Cl)cc1. The largest absolute Gasteiger partial charge is 0.447 e. The van der Waals surface area contributed by atoms with Gasteiger partial charge in [0, 0.05) is 53.0 Å². The van der Waals surface area contributed by atoms with Crippen LogP contribution in [-0.2, 0) is 11.3 Å². The molecule has 7 rings (SSSR count). The lowest BCUT2D eigenvalue weighted by Gasteiger charge is -2.34. The Bertz CT molecular complexity index is 1750. The number of cyclic esters (lactones) is 1. The topological polar surface area (TPSA) is 89.4 Å². The quantitative estimate of drug-likeness (QED) is 0.270. The molecule has 2 atom stereocenters. The molecule has 2 saturated heterocycles. The summed E-state index contributed by atoms with van der Waals surface area (Å²) in [6, 6.07) is 11.1. The Morgan fingerprint density at radius 2 is 1.95 bits per heavy atom. The second-order valence-electron chi connectivity index (χ2n) is 11.4. The molecule has 2 aromatic carbocycles. The molecule has 1 amide bonds. The van der Waals surface area contributed by atoms with E-state index in [9.17, 15) is 18.4 Å². The van der Waals surface area contributed by atoms with Crippen molar-refractivity contribution in [2.75, 3.05) is 18.5 Å². The summed E-state index contributed by atoms with van der Waals surface area (Å²) < 4.78 is 34.0. The van der Waals surface area contributed by atoms with Gasteiger partial charge in [-0.3, -0.25) is 9.36 Å². The molecule has 0 radical (unpaired) electrons. The van der Waals surface area contributed by atoms with Crippen LogP contribution >= 0.6 is 22.9 Å². The van der Waals surface area contributed by atoms with E-state index in [1.165, 1.54) is 11.3 Å². The van der Waals surface area contributed by atoms with Crippen LogP contribution in [0.15, 0.2) is 46.6 Å². The van der Waals surface area contributed by atoms with Crippen molar-refractivity contribution in [2.24, 2.45) is 0 Å². The van der Waals surface area contributed by atoms with Crippen LogP contribution < -0.4 is 10.9 Å². The van der Waals surface area contributed by atoms with Crippen LogP contribution in [0.1, 0.15) is 48.7 Å². The first-order chi connectivity index (χ1) is 20.1. The summed E-state index contributed by atoms with van der Waals surface area (Å²) >= 11 is 7.45. The monoisotopic (exact) mass is 611 g/mol. The molecule has 4 aromatic rings. The molecule has 1 N–H and O–H groups in total. The fourth-order valence-corrected chi connectivity index (χ4v) is 7.21. The number of fused-ring (bicyclic) bond motifs is 2. The first-order valence-corrected chi connectivity index (χ1v) is 15.2. The number of benzene rings is 2. The number of piperidine rings is 1. The highest BCUT2D eigenvalue weighted by atomic mass is 35.5. The van der Waals surface area contributed by atoms with Crippen molar-refractivity contribution in [3.63, 3.8) is 0 Å². The molecule has 1 aliphatic carbocycles. The molecule has 3 aliphatic rings. The lowest BCUT2D eigenvalue weighted by atomic mass is 9.79. The van der Waals surface area contributed by atoms with E-state index in [1.807, 2.05) is 29.6 Å². The van der Waals surface area contributed by atoms with Gasteiger partial charge in [-0.15, -0.1) is 11.3 Å². The third-order valence-corrected chi connectivity index (χ3v) is 9.65. The van der Waals surface area contributed by atoms with E-state index in [0.717, 1.165) is 23.2 Å². The molecule has 42 heavy (non-hydrogen) atoms. The average Bonchev–Trinajstić information content (AvgIpc) is 3.58. The number of hydrogen-bond donors (Lipinski definition) is 1. The van der Waals surface area contributed by atoms with Crippen molar-refractivity contribution in [2.45, 2.75) is 63.1 Å². The Kier molecular flexibility index (Phi) is 6.69. The van der Waals surface area contributed by atoms with Crippen LogP contribution in [0.25, 0.3) is 21.5 Å². The predicted molar refractivity (Wildman–Crippen MR) is 158 cm³/mol. The van der Waals surface area contributed by atoms with Gasteiger partial charge in [0.15, 0.2) is 0 Å². The van der Waals surface area contributed by atoms with E-state index in [-0.39, 0.29) is 42.5 Å². The fourth-order valence-electron chi connectivity index (χ4n) is 6.15. The molecule has 218 valence electrons. The van der Waals surface area contributed by atoms with Gasteiger partial charge < -0.3 is 15.0 Å². The number of nitrogens with zero attached hydrogens (tertiary/aromatic N) is 4. The number of thiazole rings is 1. The van der Waals surface area contributed by atoms with Gasteiger partial charge in [-0.1, -0.05) is 23.7 Å². The summed E-state index contributed by atoms with van der Waals surface area (Å²) in [5, 5.41) is 7.26. The molecule has 2 aliphatic heterocycles. The van der Waals surface area contributed by atoms with E-state index < -0.39 is 5.92 Å². The van der Waals surface area contributed by atoms with Crippen molar-refractivity contribution in [1.82, 2.24) is 19.4 Å². The maximum Gasteiger partial charge on any atom is 0.410 e. The molecule has 12 heteroatoms. The highest BCUT2D eigenvalue weighted by Gasteiger charge is 2.47. The van der Waals surface area contributed by atoms with Crippen LogP contribution in [0, 0.1) is 6.92 Å². The van der Waals surface area contributed by atoms with E-state index in [2.05, 4.69) is 5.32 Å². The number of ether oxygens (including phenoxy) is 1. The molecule has 0 spiro atoms. The van der Waals surface area contributed by atoms with Crippen molar-refractivity contribution in [3.8, 4) is 10.6 Å². The Labute approximate surface area is 249 Å². The number of halogens is 3. The molecular formula is C30H28ClF2N5O3S. The highest BCUT2D eigenvalue weighted by Crippen LogP contribution is 2.49. The minimum atomic E-state index is -2.63. The van der Waals surface area contributed by atoms with E-state index in [1.54, 1.807) is 28.5 Å². The average molecular weight is 612 g/mol. The summed E-state index contributed by atoms with van der Waals surface area (Å²) in [5.41, 5.74) is 3.48. The van der Waals surface area contributed by atoms with Gasteiger partial charge in [-0.05, 0) is 49.6 Å². The summed E-state index contributed by atoms with van der Waals surface area (Å²) in [4.78, 5) is 37.2. The number of aryl methyl sites for hydroxylation is 1. The molecule has 2 aromatic heterocycles. The standard InChI is InChI=1S/C30H28ClF2N5O3S/c1-16-34-25-9-22(27-36-26(15-42-27)18-11-30(32,33)12-18)24(35-20-6-7-37-21(8-20)14-41-29(37)40)10-23(25)28(39)38(16)13-17-2-4-19(31)5-3-17/h2-5,9-10,15,18,20-21,35H,6-8,11-14H2,1H3/t20-,21-/m0/s1. The summed E-state index contributed by atoms with van der Waals surface area (Å²) in [6.07, 6.45) is 0.776. The van der Waals surface area contributed by atoms with Crippen LogP contribution in [0.3, 0.4) is 0 Å². The van der Waals surface area contributed by atoms with Crippen molar-refractivity contribution in [1.29, 1.82) is 0 Å². The first-order valence-electron chi connectivity index (χ1n) is 14.0. The van der Waals surface area contributed by atoms with Gasteiger partial charge in [0.25, 0.3) is 5.56 Å². The van der Waals surface area contributed by atoms with Gasteiger partial charge in [0.05, 0.1) is 29.2 Å². The number of carbonyl (C=O) groups is 1. The maximum absolute atomic E-state index is 13.8. The molecule has 4 heterocycles. The van der Waals surface area contributed by atoms with E-state index in [4.69, 9.17) is 26.3 Å². The molecule has 8 nitrogen and oxygen atoms in total. The molecule has 1 saturated carbocycles.